The van der Waals surface area contributed by atoms with Crippen LogP contribution in [0.15, 0.2) is 102 Å². The lowest BCUT2D eigenvalue weighted by Gasteiger charge is -2.11. The van der Waals surface area contributed by atoms with Gasteiger partial charge in [-0.15, -0.1) is 0 Å². The third kappa shape index (κ3) is 7.76. The predicted octanol–water partition coefficient (Wildman–Crippen LogP) is 5.52. The van der Waals surface area contributed by atoms with Crippen LogP contribution in [0.1, 0.15) is 26.3 Å². The molecule has 0 atom stereocenters. The first-order valence-electron chi connectivity index (χ1n) is 11.6. The minimum absolute atomic E-state index is 0.0342. The minimum Gasteiger partial charge on any atom is -0.423 e. The van der Waals surface area contributed by atoms with Crippen LogP contribution in [0.4, 0.5) is 5.69 Å². The number of hydrazone groups is 1. The first-order valence-corrected chi connectivity index (χ1v) is 12.3. The van der Waals surface area contributed by atoms with Gasteiger partial charge < -0.3 is 14.8 Å². The summed E-state index contributed by atoms with van der Waals surface area (Å²) in [4.78, 5) is 49.5. The number of ether oxygens (including phenoxy) is 2. The maximum atomic E-state index is 12.8. The Labute approximate surface area is 238 Å². The molecule has 0 unspecified atom stereocenters. The Morgan fingerprint density at radius 2 is 1.25 bits per heavy atom. The van der Waals surface area contributed by atoms with E-state index < -0.39 is 23.8 Å². The number of halogens is 2. The summed E-state index contributed by atoms with van der Waals surface area (Å²) in [6.45, 7) is 0. The zero-order chi connectivity index (χ0) is 28.5. The number of para-hydroxylation sites is 1. The highest BCUT2D eigenvalue weighted by Gasteiger charge is 2.16. The van der Waals surface area contributed by atoms with Gasteiger partial charge in [0.2, 0.25) is 0 Å². The van der Waals surface area contributed by atoms with Gasteiger partial charge in [-0.05, 0) is 72.8 Å². The zero-order valence-corrected chi connectivity index (χ0v) is 22.0. The van der Waals surface area contributed by atoms with Gasteiger partial charge in [0.25, 0.3) is 0 Å². The SMILES string of the molecule is O=C(NN=Cc1ccc(OC(=O)c2ccc(Cl)cc2)cc1OC(=O)c1ccc(Cl)cc1)C(=O)Nc1ccccc1. The highest BCUT2D eigenvalue weighted by molar-refractivity contribution is 6.39. The van der Waals surface area contributed by atoms with Crippen LogP contribution in [-0.4, -0.2) is 30.0 Å². The molecule has 0 radical (unpaired) electrons. The molecule has 4 aromatic carbocycles. The lowest BCUT2D eigenvalue weighted by Crippen LogP contribution is -2.32. The van der Waals surface area contributed by atoms with Crippen LogP contribution in [0.5, 0.6) is 11.5 Å². The topological polar surface area (TPSA) is 123 Å². The number of hydrogen-bond donors (Lipinski definition) is 2. The molecule has 0 fully saturated rings. The molecular weight excluding hydrogens is 557 g/mol. The first-order chi connectivity index (χ1) is 19.3. The second kappa shape index (κ2) is 13.2. The standard InChI is InChI=1S/C29H19Cl2N3O6/c30-21-11-6-18(7-12-21)28(37)39-24-15-10-20(25(16-24)40-29(38)19-8-13-22(31)14-9-19)17-32-34-27(36)26(35)33-23-4-2-1-3-5-23/h1-17H,(H,33,35)(H,34,36). The van der Waals surface area contributed by atoms with Crippen LogP contribution in [0, 0.1) is 0 Å². The van der Waals surface area contributed by atoms with E-state index in [1.54, 1.807) is 42.5 Å². The number of nitrogens with one attached hydrogen (secondary N) is 2. The van der Waals surface area contributed by atoms with Crippen LogP contribution in [0.3, 0.4) is 0 Å². The van der Waals surface area contributed by atoms with Crippen molar-refractivity contribution in [3.8, 4) is 11.5 Å². The van der Waals surface area contributed by atoms with Crippen molar-refractivity contribution >= 4 is 58.9 Å². The number of carbonyl (C=O) groups excluding carboxylic acids is 4. The molecular formula is C29H19Cl2N3O6. The quantitative estimate of drug-likeness (QED) is 0.0982. The van der Waals surface area contributed by atoms with Crippen LogP contribution in [0.2, 0.25) is 10.0 Å². The van der Waals surface area contributed by atoms with Gasteiger partial charge in [0, 0.05) is 27.4 Å². The summed E-state index contributed by atoms with van der Waals surface area (Å²) >= 11 is 11.8. The van der Waals surface area contributed by atoms with Crippen molar-refractivity contribution in [3.05, 3.63) is 124 Å². The molecule has 2 N–H and O–H groups in total. The lowest BCUT2D eigenvalue weighted by atomic mass is 10.2. The molecule has 9 nitrogen and oxygen atoms in total. The van der Waals surface area contributed by atoms with Crippen molar-refractivity contribution in [2.45, 2.75) is 0 Å². The van der Waals surface area contributed by atoms with Crippen molar-refractivity contribution in [1.29, 1.82) is 0 Å². The molecule has 40 heavy (non-hydrogen) atoms. The summed E-state index contributed by atoms with van der Waals surface area (Å²) < 4.78 is 10.9. The molecule has 0 aromatic heterocycles. The van der Waals surface area contributed by atoms with Gasteiger partial charge in [0.15, 0.2) is 0 Å². The smallest absolute Gasteiger partial charge is 0.343 e. The molecule has 0 heterocycles. The van der Waals surface area contributed by atoms with Crippen molar-refractivity contribution in [3.63, 3.8) is 0 Å². The molecule has 0 spiro atoms. The predicted molar refractivity (Wildman–Crippen MR) is 150 cm³/mol. The molecule has 0 bridgehead atoms. The van der Waals surface area contributed by atoms with E-state index in [-0.39, 0.29) is 28.2 Å². The molecule has 2 amide bonds. The van der Waals surface area contributed by atoms with Gasteiger partial charge in [-0.2, -0.15) is 5.10 Å². The Balaban J connectivity index is 1.51. The first kappa shape index (κ1) is 28.0. The Morgan fingerprint density at radius 3 is 1.85 bits per heavy atom. The number of carbonyl (C=O) groups is 4. The summed E-state index contributed by atoms with van der Waals surface area (Å²) in [5, 5.41) is 7.12. The summed E-state index contributed by atoms with van der Waals surface area (Å²) in [5.74, 6) is -3.30. The molecule has 0 aliphatic carbocycles. The fourth-order valence-corrected chi connectivity index (χ4v) is 3.44. The highest BCUT2D eigenvalue weighted by atomic mass is 35.5. The molecule has 4 rings (SSSR count). The maximum Gasteiger partial charge on any atom is 0.343 e. The van der Waals surface area contributed by atoms with E-state index in [1.807, 2.05) is 0 Å². The monoisotopic (exact) mass is 575 g/mol. The fourth-order valence-electron chi connectivity index (χ4n) is 3.19. The van der Waals surface area contributed by atoms with Crippen molar-refractivity contribution in [2.75, 3.05) is 5.32 Å². The van der Waals surface area contributed by atoms with Crippen LogP contribution < -0.4 is 20.2 Å². The van der Waals surface area contributed by atoms with Crippen LogP contribution in [-0.2, 0) is 9.59 Å². The number of amides is 2. The van der Waals surface area contributed by atoms with E-state index >= 15 is 0 Å². The molecule has 4 aromatic rings. The number of benzene rings is 4. The average molecular weight is 576 g/mol. The fraction of sp³-hybridized carbons (Fsp3) is 0. The van der Waals surface area contributed by atoms with Gasteiger partial charge >= 0.3 is 23.8 Å². The minimum atomic E-state index is -1.02. The largest absolute Gasteiger partial charge is 0.423 e. The molecule has 0 saturated heterocycles. The highest BCUT2D eigenvalue weighted by Crippen LogP contribution is 2.26. The van der Waals surface area contributed by atoms with E-state index in [0.29, 0.717) is 15.7 Å². The number of rotatable bonds is 7. The zero-order valence-electron chi connectivity index (χ0n) is 20.5. The van der Waals surface area contributed by atoms with E-state index in [1.165, 1.54) is 60.8 Å². The summed E-state index contributed by atoms with van der Waals surface area (Å²) in [6, 6.07) is 24.7. The Bertz CT molecular complexity index is 1570. The molecule has 0 aliphatic rings. The number of anilines is 1. The van der Waals surface area contributed by atoms with E-state index in [9.17, 15) is 19.2 Å². The second-order valence-corrected chi connectivity index (χ2v) is 8.88. The van der Waals surface area contributed by atoms with Gasteiger partial charge in [-0.3, -0.25) is 9.59 Å². The van der Waals surface area contributed by atoms with Crippen LogP contribution in [0.25, 0.3) is 0 Å². The normalized spacial score (nSPS) is 10.6. The van der Waals surface area contributed by atoms with Gasteiger partial charge in [-0.1, -0.05) is 41.4 Å². The van der Waals surface area contributed by atoms with E-state index in [0.717, 1.165) is 0 Å². The molecule has 0 saturated carbocycles. The second-order valence-electron chi connectivity index (χ2n) is 8.01. The number of esters is 2. The molecule has 11 heteroatoms. The third-order valence-corrected chi connectivity index (χ3v) is 5.67. The van der Waals surface area contributed by atoms with Gasteiger partial charge in [-0.25, -0.2) is 15.0 Å². The summed E-state index contributed by atoms with van der Waals surface area (Å²) in [6.07, 6.45) is 1.17. The van der Waals surface area contributed by atoms with Crippen molar-refractivity contribution in [1.82, 2.24) is 5.43 Å². The number of nitrogens with zero attached hydrogens (tertiary/aromatic N) is 1. The maximum absolute atomic E-state index is 12.8. The Morgan fingerprint density at radius 1 is 0.675 bits per heavy atom. The van der Waals surface area contributed by atoms with Crippen molar-refractivity contribution < 1.29 is 28.7 Å². The Hall–Kier alpha value is -4.99. The molecule has 0 aliphatic heterocycles. The lowest BCUT2D eigenvalue weighted by molar-refractivity contribution is -0.136. The summed E-state index contributed by atoms with van der Waals surface area (Å²) in [7, 11) is 0. The molecule has 200 valence electrons. The van der Waals surface area contributed by atoms with E-state index in [4.69, 9.17) is 32.7 Å². The third-order valence-electron chi connectivity index (χ3n) is 5.17. The van der Waals surface area contributed by atoms with Gasteiger partial charge in [0.1, 0.15) is 11.5 Å². The van der Waals surface area contributed by atoms with Gasteiger partial charge in [0.05, 0.1) is 17.3 Å². The number of hydrogen-bond acceptors (Lipinski definition) is 7. The Kier molecular flexibility index (Phi) is 9.24. The average Bonchev–Trinajstić information content (AvgIpc) is 2.95. The van der Waals surface area contributed by atoms with E-state index in [2.05, 4.69) is 15.8 Å². The van der Waals surface area contributed by atoms with Crippen molar-refractivity contribution in [2.24, 2.45) is 5.10 Å². The summed E-state index contributed by atoms with van der Waals surface area (Å²) in [5.41, 5.74) is 3.25. The van der Waals surface area contributed by atoms with Crippen LogP contribution >= 0.6 is 23.2 Å².